The van der Waals surface area contributed by atoms with Gasteiger partial charge in [-0.2, -0.15) is 13.2 Å². The highest BCUT2D eigenvalue weighted by Gasteiger charge is 2.55. The molecule has 9 heteroatoms. The van der Waals surface area contributed by atoms with Gasteiger partial charge >= 0.3 is 6.18 Å². The van der Waals surface area contributed by atoms with Gasteiger partial charge in [0.1, 0.15) is 11.6 Å². The van der Waals surface area contributed by atoms with Gasteiger partial charge in [-0.1, -0.05) is 23.9 Å². The maximum absolute atomic E-state index is 14.0. The number of hydrogen-bond donors (Lipinski definition) is 2. The fraction of sp³-hybridized carbons (Fsp3) is 0.188. The lowest BCUT2D eigenvalue weighted by molar-refractivity contribution is -0.242. The highest BCUT2D eigenvalue weighted by Crippen LogP contribution is 2.33. The molecule has 25 heavy (non-hydrogen) atoms. The predicted molar refractivity (Wildman–Crippen MR) is 82.2 cm³/mol. The van der Waals surface area contributed by atoms with Crippen molar-refractivity contribution < 1.29 is 31.9 Å². The fourth-order valence-corrected chi connectivity index (χ4v) is 2.55. The highest BCUT2D eigenvalue weighted by atomic mass is 32.2. The summed E-state index contributed by atoms with van der Waals surface area (Å²) in [5.74, 6) is -3.34. The normalized spacial score (nSPS) is 14.0. The summed E-state index contributed by atoms with van der Waals surface area (Å²) in [5.41, 5.74) is -4.20. The molecular formula is C16H12F5NO2S. The van der Waals surface area contributed by atoms with Crippen molar-refractivity contribution in [3.8, 4) is 0 Å². The molecule has 1 atom stereocenters. The molecule has 2 aromatic carbocycles. The van der Waals surface area contributed by atoms with Crippen molar-refractivity contribution in [3.05, 3.63) is 54.1 Å². The second-order valence-corrected chi connectivity index (χ2v) is 6.31. The van der Waals surface area contributed by atoms with Gasteiger partial charge in [0.05, 0.1) is 5.69 Å². The zero-order valence-corrected chi connectivity index (χ0v) is 13.5. The van der Waals surface area contributed by atoms with Gasteiger partial charge in [-0.3, -0.25) is 4.79 Å². The number of carbonyl (C=O) groups excluding carboxylic acids is 1. The van der Waals surface area contributed by atoms with Crippen LogP contribution in [0.4, 0.5) is 27.6 Å². The summed E-state index contributed by atoms with van der Waals surface area (Å²) in [6.07, 6.45) is -5.21. The minimum atomic E-state index is -5.21. The van der Waals surface area contributed by atoms with E-state index in [-0.39, 0.29) is 16.7 Å². The molecule has 2 N–H and O–H groups in total. The van der Waals surface area contributed by atoms with Gasteiger partial charge in [-0.15, -0.1) is 0 Å². The predicted octanol–water partition coefficient (Wildman–Crippen LogP) is 4.37. The molecule has 0 fully saturated rings. The summed E-state index contributed by atoms with van der Waals surface area (Å²) in [5, 5.41) is 10.9. The first-order valence-corrected chi connectivity index (χ1v) is 7.66. The van der Waals surface area contributed by atoms with E-state index in [0.29, 0.717) is 0 Å². The van der Waals surface area contributed by atoms with Crippen molar-refractivity contribution >= 4 is 23.4 Å². The largest absolute Gasteiger partial charge is 0.426 e. The Balaban J connectivity index is 2.17. The second-order valence-electron chi connectivity index (χ2n) is 5.20. The van der Waals surface area contributed by atoms with Gasteiger partial charge in [0.25, 0.3) is 5.91 Å². The Morgan fingerprint density at radius 2 is 1.72 bits per heavy atom. The first-order valence-electron chi connectivity index (χ1n) is 6.85. The minimum Gasteiger partial charge on any atom is -0.373 e. The number of rotatable bonds is 4. The summed E-state index contributed by atoms with van der Waals surface area (Å²) in [6, 6.07) is 9.07. The molecule has 0 spiro atoms. The quantitative estimate of drug-likeness (QED) is 0.778. The maximum atomic E-state index is 14.0. The van der Waals surface area contributed by atoms with E-state index >= 15 is 0 Å². The third kappa shape index (κ3) is 4.29. The topological polar surface area (TPSA) is 49.3 Å². The standard InChI is InChI=1S/C16H12F5NO2S/c1-15(24,16(19,20)21)14(23)22-12-7-6-9(8-11(12)18)25-13-5-3-2-4-10(13)17/h2-8,24H,1H3,(H,22,23)/t15-/m1/s1. The first kappa shape index (κ1) is 19.2. The van der Waals surface area contributed by atoms with E-state index in [1.54, 1.807) is 11.4 Å². The van der Waals surface area contributed by atoms with E-state index in [1.165, 1.54) is 24.3 Å². The molecule has 0 aliphatic carbocycles. The van der Waals surface area contributed by atoms with Crippen molar-refractivity contribution in [2.24, 2.45) is 0 Å². The van der Waals surface area contributed by atoms with E-state index in [1.807, 2.05) is 0 Å². The number of nitrogens with one attached hydrogen (secondary N) is 1. The zero-order valence-electron chi connectivity index (χ0n) is 12.7. The van der Waals surface area contributed by atoms with E-state index < -0.39 is 35.0 Å². The Hall–Kier alpha value is -2.13. The lowest BCUT2D eigenvalue weighted by atomic mass is 10.1. The first-order chi connectivity index (χ1) is 11.5. The van der Waals surface area contributed by atoms with Crippen molar-refractivity contribution in [2.45, 2.75) is 28.5 Å². The van der Waals surface area contributed by atoms with E-state index in [9.17, 15) is 31.9 Å². The lowest BCUT2D eigenvalue weighted by Gasteiger charge is -2.25. The number of amides is 1. The number of benzene rings is 2. The number of aliphatic hydroxyl groups is 1. The molecule has 134 valence electrons. The number of carbonyl (C=O) groups is 1. The van der Waals surface area contributed by atoms with E-state index in [2.05, 4.69) is 0 Å². The number of anilines is 1. The summed E-state index contributed by atoms with van der Waals surface area (Å²) in [4.78, 5) is 12.1. The van der Waals surface area contributed by atoms with Crippen molar-refractivity contribution in [3.63, 3.8) is 0 Å². The SMILES string of the molecule is C[C@@](O)(C(=O)Nc1ccc(Sc2ccccc2F)cc1F)C(F)(F)F. The molecular weight excluding hydrogens is 365 g/mol. The Morgan fingerprint density at radius 3 is 2.28 bits per heavy atom. The molecule has 0 saturated carbocycles. The van der Waals surface area contributed by atoms with Crippen LogP contribution in [0.25, 0.3) is 0 Å². The van der Waals surface area contributed by atoms with Crippen LogP contribution in [0.2, 0.25) is 0 Å². The molecule has 2 rings (SSSR count). The Morgan fingerprint density at radius 1 is 1.08 bits per heavy atom. The van der Waals surface area contributed by atoms with Gasteiger partial charge < -0.3 is 10.4 Å². The van der Waals surface area contributed by atoms with E-state index in [4.69, 9.17) is 0 Å². The molecule has 0 aliphatic heterocycles. The van der Waals surface area contributed by atoms with Crippen LogP contribution in [0.1, 0.15) is 6.92 Å². The molecule has 0 heterocycles. The van der Waals surface area contributed by atoms with Gasteiger partial charge in [0, 0.05) is 9.79 Å². The lowest BCUT2D eigenvalue weighted by Crippen LogP contribution is -2.52. The fourth-order valence-electron chi connectivity index (χ4n) is 1.69. The van der Waals surface area contributed by atoms with Crippen LogP contribution in [0, 0.1) is 11.6 Å². The Labute approximate surface area is 143 Å². The number of hydrogen-bond acceptors (Lipinski definition) is 3. The second kappa shape index (κ2) is 7.01. The van der Waals surface area contributed by atoms with Crippen LogP contribution in [-0.4, -0.2) is 22.8 Å². The minimum absolute atomic E-state index is 0.235. The zero-order chi connectivity index (χ0) is 18.8. The number of alkyl halides is 3. The Bertz CT molecular complexity index is 792. The van der Waals surface area contributed by atoms with Crippen LogP contribution in [0.3, 0.4) is 0 Å². The average Bonchev–Trinajstić information content (AvgIpc) is 2.51. The van der Waals surface area contributed by atoms with Crippen molar-refractivity contribution in [2.75, 3.05) is 5.32 Å². The van der Waals surface area contributed by atoms with Gasteiger partial charge in [-0.05, 0) is 37.3 Å². The smallest absolute Gasteiger partial charge is 0.373 e. The molecule has 2 aromatic rings. The average molecular weight is 377 g/mol. The van der Waals surface area contributed by atoms with Crippen molar-refractivity contribution in [1.82, 2.24) is 0 Å². The van der Waals surface area contributed by atoms with Gasteiger partial charge in [0.2, 0.25) is 5.60 Å². The molecule has 0 radical (unpaired) electrons. The summed E-state index contributed by atoms with van der Waals surface area (Å²) in [6.45, 7) is 0.267. The molecule has 3 nitrogen and oxygen atoms in total. The molecule has 0 aliphatic rings. The van der Waals surface area contributed by atoms with Crippen molar-refractivity contribution in [1.29, 1.82) is 0 Å². The van der Waals surface area contributed by atoms with Crippen LogP contribution in [-0.2, 0) is 4.79 Å². The maximum Gasteiger partial charge on any atom is 0.426 e. The van der Waals surface area contributed by atoms with Crippen LogP contribution in [0.15, 0.2) is 52.3 Å². The third-order valence-corrected chi connectivity index (χ3v) is 4.29. The Kier molecular flexibility index (Phi) is 5.38. The monoisotopic (exact) mass is 377 g/mol. The van der Waals surface area contributed by atoms with Gasteiger partial charge in [-0.25, -0.2) is 8.78 Å². The van der Waals surface area contributed by atoms with E-state index in [0.717, 1.165) is 23.9 Å². The molecule has 0 aromatic heterocycles. The summed E-state index contributed by atoms with van der Waals surface area (Å²) < 4.78 is 65.3. The molecule has 0 saturated heterocycles. The van der Waals surface area contributed by atoms with Crippen LogP contribution >= 0.6 is 11.8 Å². The number of halogens is 5. The van der Waals surface area contributed by atoms with Crippen LogP contribution < -0.4 is 5.32 Å². The molecule has 0 unspecified atom stereocenters. The molecule has 1 amide bonds. The van der Waals surface area contributed by atoms with Gasteiger partial charge in [0.15, 0.2) is 0 Å². The summed E-state index contributed by atoms with van der Waals surface area (Å²) in [7, 11) is 0. The third-order valence-electron chi connectivity index (χ3n) is 3.25. The van der Waals surface area contributed by atoms with Crippen LogP contribution in [0.5, 0.6) is 0 Å². The highest BCUT2D eigenvalue weighted by molar-refractivity contribution is 7.99. The summed E-state index contributed by atoms with van der Waals surface area (Å²) >= 11 is 0.909. The molecule has 0 bridgehead atoms.